The predicted octanol–water partition coefficient (Wildman–Crippen LogP) is 2.01. The number of hydrogen-bond acceptors (Lipinski definition) is 3. The zero-order valence-corrected chi connectivity index (χ0v) is 11.8. The lowest BCUT2D eigenvalue weighted by atomic mass is 9.89. The van der Waals surface area contributed by atoms with E-state index in [0.717, 1.165) is 44.6 Å². The lowest BCUT2D eigenvalue weighted by molar-refractivity contribution is -0.136. The van der Waals surface area contributed by atoms with Gasteiger partial charge in [0.15, 0.2) is 0 Å². The Balaban J connectivity index is 1.56. The Morgan fingerprint density at radius 2 is 1.85 bits per heavy atom. The minimum atomic E-state index is 0.100. The molecular weight excluding hydrogens is 252 g/mol. The Morgan fingerprint density at radius 1 is 1.15 bits per heavy atom. The van der Waals surface area contributed by atoms with Gasteiger partial charge < -0.3 is 15.4 Å². The van der Waals surface area contributed by atoms with Crippen molar-refractivity contribution in [2.45, 2.75) is 25.2 Å². The molecule has 3 rings (SSSR count). The van der Waals surface area contributed by atoms with Crippen molar-refractivity contribution in [3.05, 3.63) is 29.8 Å². The molecule has 2 heterocycles. The Hall–Kier alpha value is -1.55. The van der Waals surface area contributed by atoms with E-state index in [2.05, 4.69) is 12.1 Å². The van der Waals surface area contributed by atoms with Gasteiger partial charge in [-0.3, -0.25) is 4.79 Å². The maximum atomic E-state index is 12.3. The summed E-state index contributed by atoms with van der Waals surface area (Å²) in [5.41, 5.74) is 7.87. The largest absolute Gasteiger partial charge is 0.399 e. The average molecular weight is 274 g/mol. The van der Waals surface area contributed by atoms with E-state index in [1.54, 1.807) is 0 Å². The van der Waals surface area contributed by atoms with E-state index >= 15 is 0 Å². The van der Waals surface area contributed by atoms with Crippen LogP contribution in [0.2, 0.25) is 0 Å². The van der Waals surface area contributed by atoms with E-state index in [-0.39, 0.29) is 5.92 Å². The molecule has 4 heteroatoms. The molecule has 1 unspecified atom stereocenters. The Labute approximate surface area is 119 Å². The lowest BCUT2D eigenvalue weighted by Crippen LogP contribution is -2.41. The Morgan fingerprint density at radius 3 is 2.45 bits per heavy atom. The quantitative estimate of drug-likeness (QED) is 0.839. The van der Waals surface area contributed by atoms with Crippen molar-refractivity contribution in [1.29, 1.82) is 0 Å². The van der Waals surface area contributed by atoms with Crippen molar-refractivity contribution in [1.82, 2.24) is 4.90 Å². The Kier molecular flexibility index (Phi) is 3.92. The van der Waals surface area contributed by atoms with E-state index in [4.69, 9.17) is 10.5 Å². The fourth-order valence-corrected chi connectivity index (χ4v) is 3.19. The highest BCUT2D eigenvalue weighted by molar-refractivity contribution is 5.79. The maximum Gasteiger partial charge on any atom is 0.228 e. The second-order valence-corrected chi connectivity index (χ2v) is 5.83. The van der Waals surface area contributed by atoms with Crippen molar-refractivity contribution in [3.8, 4) is 0 Å². The van der Waals surface area contributed by atoms with Gasteiger partial charge in [0, 0.05) is 25.4 Å². The van der Waals surface area contributed by atoms with Gasteiger partial charge in [0.05, 0.1) is 12.5 Å². The third-order valence-corrected chi connectivity index (χ3v) is 4.49. The number of rotatable bonds is 2. The highest BCUT2D eigenvalue weighted by Gasteiger charge is 2.30. The molecule has 2 fully saturated rings. The van der Waals surface area contributed by atoms with Gasteiger partial charge in [0.25, 0.3) is 0 Å². The molecule has 2 aliphatic heterocycles. The van der Waals surface area contributed by atoms with E-state index < -0.39 is 0 Å². The van der Waals surface area contributed by atoms with Crippen molar-refractivity contribution in [2.24, 2.45) is 5.92 Å². The molecule has 4 nitrogen and oxygen atoms in total. The molecule has 2 saturated heterocycles. The van der Waals surface area contributed by atoms with E-state index in [1.807, 2.05) is 17.0 Å². The number of benzene rings is 1. The van der Waals surface area contributed by atoms with Crippen molar-refractivity contribution in [2.75, 3.05) is 32.0 Å². The molecule has 0 aromatic heterocycles. The van der Waals surface area contributed by atoms with E-state index in [9.17, 15) is 4.79 Å². The monoisotopic (exact) mass is 274 g/mol. The number of likely N-dealkylation sites (tertiary alicyclic amines) is 1. The molecule has 1 atom stereocenters. The molecule has 0 radical (unpaired) electrons. The number of piperidine rings is 1. The van der Waals surface area contributed by atoms with Crippen molar-refractivity contribution < 1.29 is 9.53 Å². The molecular formula is C16H22N2O2. The van der Waals surface area contributed by atoms with Crippen LogP contribution in [0.5, 0.6) is 0 Å². The van der Waals surface area contributed by atoms with Crippen LogP contribution in [-0.2, 0) is 9.53 Å². The lowest BCUT2D eigenvalue weighted by Gasteiger charge is -2.33. The Bertz CT molecular complexity index is 458. The summed E-state index contributed by atoms with van der Waals surface area (Å²) >= 11 is 0. The molecule has 0 spiro atoms. The second-order valence-electron chi connectivity index (χ2n) is 5.83. The highest BCUT2D eigenvalue weighted by atomic mass is 16.5. The van der Waals surface area contributed by atoms with Gasteiger partial charge in [-0.2, -0.15) is 0 Å². The predicted molar refractivity (Wildman–Crippen MR) is 78.3 cm³/mol. The number of anilines is 1. The number of nitrogens with zero attached hydrogens (tertiary/aromatic N) is 1. The summed E-state index contributed by atoms with van der Waals surface area (Å²) in [5, 5.41) is 0. The van der Waals surface area contributed by atoms with Crippen LogP contribution in [0.3, 0.4) is 0 Å². The molecule has 20 heavy (non-hydrogen) atoms. The van der Waals surface area contributed by atoms with Crippen LogP contribution in [0, 0.1) is 5.92 Å². The first-order valence-corrected chi connectivity index (χ1v) is 7.46. The van der Waals surface area contributed by atoms with Crippen LogP contribution in [0.15, 0.2) is 24.3 Å². The van der Waals surface area contributed by atoms with Crippen LogP contribution >= 0.6 is 0 Å². The topological polar surface area (TPSA) is 55.6 Å². The van der Waals surface area contributed by atoms with Gasteiger partial charge in [-0.05, 0) is 42.9 Å². The fourth-order valence-electron chi connectivity index (χ4n) is 3.19. The number of ether oxygens (including phenoxy) is 1. The number of nitrogens with two attached hydrogens (primary N) is 1. The zero-order valence-electron chi connectivity index (χ0n) is 11.8. The first-order valence-electron chi connectivity index (χ1n) is 7.46. The van der Waals surface area contributed by atoms with Crippen molar-refractivity contribution >= 4 is 11.6 Å². The minimum absolute atomic E-state index is 0.100. The van der Waals surface area contributed by atoms with Gasteiger partial charge >= 0.3 is 0 Å². The van der Waals surface area contributed by atoms with Crippen LogP contribution in [0.4, 0.5) is 5.69 Å². The zero-order chi connectivity index (χ0) is 13.9. The summed E-state index contributed by atoms with van der Waals surface area (Å²) in [6, 6.07) is 8.15. The van der Waals surface area contributed by atoms with Crippen LogP contribution < -0.4 is 5.73 Å². The summed E-state index contributed by atoms with van der Waals surface area (Å²) in [7, 11) is 0. The number of carbonyl (C=O) groups excluding carboxylic acids is 1. The number of hydrogen-bond donors (Lipinski definition) is 1. The smallest absolute Gasteiger partial charge is 0.228 e. The molecule has 1 aromatic carbocycles. The van der Waals surface area contributed by atoms with Crippen molar-refractivity contribution in [3.63, 3.8) is 0 Å². The molecule has 1 amide bonds. The first kappa shape index (κ1) is 13.4. The number of nitrogen functional groups attached to an aromatic ring is 1. The summed E-state index contributed by atoms with van der Waals surface area (Å²) in [6.45, 7) is 3.07. The minimum Gasteiger partial charge on any atom is -0.399 e. The van der Waals surface area contributed by atoms with Crippen LogP contribution in [0.25, 0.3) is 0 Å². The third-order valence-electron chi connectivity index (χ3n) is 4.49. The summed E-state index contributed by atoms with van der Waals surface area (Å²) < 4.78 is 5.31. The van der Waals surface area contributed by atoms with Gasteiger partial charge in [-0.25, -0.2) is 0 Å². The summed E-state index contributed by atoms with van der Waals surface area (Å²) in [6.07, 6.45) is 2.98. The van der Waals surface area contributed by atoms with Gasteiger partial charge in [0.2, 0.25) is 5.91 Å². The molecule has 2 aliphatic rings. The van der Waals surface area contributed by atoms with Crippen LogP contribution in [0.1, 0.15) is 30.7 Å². The standard InChI is InChI=1S/C16H22N2O2/c17-15-3-1-12(2-4-15)13-5-8-18(9-6-13)16(19)14-7-10-20-11-14/h1-4,13-14H,5-11,17H2. The van der Waals surface area contributed by atoms with Gasteiger partial charge in [-0.15, -0.1) is 0 Å². The molecule has 1 aromatic rings. The number of amides is 1. The summed E-state index contributed by atoms with van der Waals surface area (Å²) in [4.78, 5) is 14.3. The van der Waals surface area contributed by atoms with Gasteiger partial charge in [0.1, 0.15) is 0 Å². The normalized spacial score (nSPS) is 24.0. The molecule has 108 valence electrons. The fraction of sp³-hybridized carbons (Fsp3) is 0.562. The summed E-state index contributed by atoms with van der Waals surface area (Å²) in [5.74, 6) is 0.945. The highest BCUT2D eigenvalue weighted by Crippen LogP contribution is 2.29. The molecule has 2 N–H and O–H groups in total. The third kappa shape index (κ3) is 2.80. The first-order chi connectivity index (χ1) is 9.74. The van der Waals surface area contributed by atoms with E-state index in [1.165, 1.54) is 5.56 Å². The van der Waals surface area contributed by atoms with E-state index in [0.29, 0.717) is 18.4 Å². The maximum absolute atomic E-state index is 12.3. The molecule has 0 bridgehead atoms. The average Bonchev–Trinajstić information content (AvgIpc) is 3.02. The molecule has 0 saturated carbocycles. The second kappa shape index (κ2) is 5.83. The molecule has 0 aliphatic carbocycles. The van der Waals surface area contributed by atoms with Gasteiger partial charge in [-0.1, -0.05) is 12.1 Å². The number of carbonyl (C=O) groups is 1. The SMILES string of the molecule is Nc1ccc(C2CCN(C(=O)C3CCOC3)CC2)cc1. The van der Waals surface area contributed by atoms with Crippen LogP contribution in [-0.4, -0.2) is 37.1 Å².